The fraction of sp³-hybridized carbons (Fsp3) is 0.278. The molecule has 1 aromatic heterocycles. The van der Waals surface area contributed by atoms with Crippen molar-refractivity contribution in [3.8, 4) is 5.69 Å². The van der Waals surface area contributed by atoms with Crippen LogP contribution in [0.2, 0.25) is 0 Å². The van der Waals surface area contributed by atoms with Gasteiger partial charge in [0.1, 0.15) is 0 Å². The summed E-state index contributed by atoms with van der Waals surface area (Å²) in [5.41, 5.74) is 2.86. The van der Waals surface area contributed by atoms with Gasteiger partial charge in [-0.25, -0.2) is 9.48 Å². The maximum absolute atomic E-state index is 12.3. The molecule has 2 rings (SSSR count). The van der Waals surface area contributed by atoms with Crippen LogP contribution < -0.4 is 5.32 Å². The zero-order valence-electron chi connectivity index (χ0n) is 14.2. The summed E-state index contributed by atoms with van der Waals surface area (Å²) in [4.78, 5) is 23.3. The van der Waals surface area contributed by atoms with Gasteiger partial charge in [0.05, 0.1) is 12.8 Å². The highest BCUT2D eigenvalue weighted by Gasteiger charge is 2.16. The number of methoxy groups -OCH3 is 1. The SMILES string of the molecule is COC(=O)/C=C/CNC(=O)c1nn(-c2ccc(C)cc2)cc1CCO. The van der Waals surface area contributed by atoms with Gasteiger partial charge in [0.15, 0.2) is 5.69 Å². The van der Waals surface area contributed by atoms with E-state index >= 15 is 0 Å². The highest BCUT2D eigenvalue weighted by atomic mass is 16.5. The molecule has 7 heteroatoms. The molecule has 7 nitrogen and oxygen atoms in total. The van der Waals surface area contributed by atoms with E-state index in [2.05, 4.69) is 15.2 Å². The van der Waals surface area contributed by atoms with E-state index in [9.17, 15) is 14.7 Å². The third-order valence-electron chi connectivity index (χ3n) is 3.52. The number of benzene rings is 1. The topological polar surface area (TPSA) is 93.5 Å². The Kier molecular flexibility index (Phi) is 6.47. The molecule has 0 unspecified atom stereocenters. The van der Waals surface area contributed by atoms with Crippen molar-refractivity contribution in [3.05, 3.63) is 59.4 Å². The molecule has 0 atom stereocenters. The Morgan fingerprint density at radius 1 is 1.32 bits per heavy atom. The van der Waals surface area contributed by atoms with Gasteiger partial charge in [-0.2, -0.15) is 5.10 Å². The standard InChI is InChI=1S/C18H21N3O4/c1-13-5-7-15(8-6-13)21-12-14(9-11-22)17(20-21)18(24)19-10-3-4-16(23)25-2/h3-8,12,22H,9-11H2,1-2H3,(H,19,24)/b4-3+. The van der Waals surface area contributed by atoms with Gasteiger partial charge >= 0.3 is 5.97 Å². The number of hydrogen-bond donors (Lipinski definition) is 2. The first-order valence-electron chi connectivity index (χ1n) is 7.84. The van der Waals surface area contributed by atoms with Crippen molar-refractivity contribution in [2.45, 2.75) is 13.3 Å². The van der Waals surface area contributed by atoms with E-state index in [0.717, 1.165) is 11.3 Å². The summed E-state index contributed by atoms with van der Waals surface area (Å²) in [6.45, 7) is 2.08. The van der Waals surface area contributed by atoms with Crippen LogP contribution in [0, 0.1) is 6.92 Å². The molecule has 0 saturated heterocycles. The predicted octanol–water partition coefficient (Wildman–Crippen LogP) is 1.17. The number of ether oxygens (including phenoxy) is 1. The van der Waals surface area contributed by atoms with E-state index < -0.39 is 5.97 Å². The van der Waals surface area contributed by atoms with Crippen LogP contribution in [0.1, 0.15) is 21.6 Å². The molecule has 0 aliphatic carbocycles. The van der Waals surface area contributed by atoms with Crippen LogP contribution in [0.4, 0.5) is 0 Å². The fourth-order valence-electron chi connectivity index (χ4n) is 2.19. The number of aryl methyl sites for hydroxylation is 1. The third-order valence-corrected chi connectivity index (χ3v) is 3.52. The summed E-state index contributed by atoms with van der Waals surface area (Å²) in [5, 5.41) is 16.2. The maximum atomic E-state index is 12.3. The van der Waals surface area contributed by atoms with Crippen LogP contribution in [0.25, 0.3) is 5.69 Å². The second kappa shape index (κ2) is 8.79. The highest BCUT2D eigenvalue weighted by molar-refractivity contribution is 5.94. The zero-order chi connectivity index (χ0) is 18.2. The molecular weight excluding hydrogens is 322 g/mol. The molecule has 2 aromatic rings. The van der Waals surface area contributed by atoms with Gasteiger partial charge in [-0.15, -0.1) is 0 Å². The summed E-state index contributed by atoms with van der Waals surface area (Å²) in [5.74, 6) is -0.859. The Hall–Kier alpha value is -2.93. The minimum absolute atomic E-state index is 0.0812. The first-order chi connectivity index (χ1) is 12.0. The number of aromatic nitrogens is 2. The second-order valence-electron chi connectivity index (χ2n) is 5.39. The van der Waals surface area contributed by atoms with Crippen molar-refractivity contribution in [2.75, 3.05) is 20.3 Å². The van der Waals surface area contributed by atoms with Crippen molar-refractivity contribution in [3.63, 3.8) is 0 Å². The first-order valence-corrected chi connectivity index (χ1v) is 7.84. The van der Waals surface area contributed by atoms with E-state index in [-0.39, 0.29) is 24.8 Å². The molecule has 1 heterocycles. The quantitative estimate of drug-likeness (QED) is 0.581. The zero-order valence-corrected chi connectivity index (χ0v) is 14.2. The van der Waals surface area contributed by atoms with Gasteiger partial charge in [0, 0.05) is 31.0 Å². The normalized spacial score (nSPS) is 10.8. The van der Waals surface area contributed by atoms with Crippen LogP contribution in [0.5, 0.6) is 0 Å². The number of aliphatic hydroxyl groups excluding tert-OH is 1. The summed E-state index contributed by atoms with van der Waals surface area (Å²) < 4.78 is 6.09. The number of carbonyl (C=O) groups is 2. The van der Waals surface area contributed by atoms with Crippen LogP contribution in [-0.2, 0) is 16.0 Å². The Labute approximate surface area is 145 Å². The van der Waals surface area contributed by atoms with Gasteiger partial charge in [-0.05, 0) is 25.5 Å². The van der Waals surface area contributed by atoms with Crippen LogP contribution in [-0.4, -0.2) is 47.0 Å². The Morgan fingerprint density at radius 2 is 2.04 bits per heavy atom. The van der Waals surface area contributed by atoms with Crippen molar-refractivity contribution < 1.29 is 19.4 Å². The number of nitrogens with zero attached hydrogens (tertiary/aromatic N) is 2. The lowest BCUT2D eigenvalue weighted by Crippen LogP contribution is -2.25. The molecule has 0 radical (unpaired) electrons. The minimum atomic E-state index is -0.487. The van der Waals surface area contributed by atoms with Crippen LogP contribution in [0.3, 0.4) is 0 Å². The lowest BCUT2D eigenvalue weighted by molar-refractivity contribution is -0.134. The monoisotopic (exact) mass is 343 g/mol. The molecule has 0 saturated carbocycles. The molecule has 132 valence electrons. The Balaban J connectivity index is 2.15. The number of esters is 1. The lowest BCUT2D eigenvalue weighted by atomic mass is 10.2. The molecule has 1 amide bonds. The van der Waals surface area contributed by atoms with E-state index in [4.69, 9.17) is 0 Å². The van der Waals surface area contributed by atoms with Crippen molar-refractivity contribution >= 4 is 11.9 Å². The molecule has 0 aliphatic heterocycles. The number of carbonyl (C=O) groups excluding carboxylic acids is 2. The van der Waals surface area contributed by atoms with Gasteiger partial charge < -0.3 is 15.2 Å². The highest BCUT2D eigenvalue weighted by Crippen LogP contribution is 2.14. The van der Waals surface area contributed by atoms with E-state index in [1.165, 1.54) is 19.3 Å². The van der Waals surface area contributed by atoms with E-state index in [1.807, 2.05) is 31.2 Å². The molecular formula is C18H21N3O4. The summed E-state index contributed by atoms with van der Waals surface area (Å²) in [6.07, 6.45) is 4.79. The average Bonchev–Trinajstić information content (AvgIpc) is 3.03. The summed E-state index contributed by atoms with van der Waals surface area (Å²) in [6, 6.07) is 7.73. The number of rotatable bonds is 7. The minimum Gasteiger partial charge on any atom is -0.466 e. The number of nitrogens with one attached hydrogen (secondary N) is 1. The van der Waals surface area contributed by atoms with Gasteiger partial charge in [-0.3, -0.25) is 4.79 Å². The van der Waals surface area contributed by atoms with E-state index in [1.54, 1.807) is 10.9 Å². The number of amides is 1. The Morgan fingerprint density at radius 3 is 2.68 bits per heavy atom. The fourth-order valence-corrected chi connectivity index (χ4v) is 2.19. The summed E-state index contributed by atoms with van der Waals surface area (Å²) >= 11 is 0. The van der Waals surface area contributed by atoms with Crippen molar-refractivity contribution in [1.82, 2.24) is 15.1 Å². The largest absolute Gasteiger partial charge is 0.466 e. The van der Waals surface area contributed by atoms with Gasteiger partial charge in [-0.1, -0.05) is 23.8 Å². The maximum Gasteiger partial charge on any atom is 0.330 e. The predicted molar refractivity (Wildman–Crippen MR) is 92.6 cm³/mol. The molecule has 0 aliphatic rings. The molecule has 25 heavy (non-hydrogen) atoms. The van der Waals surface area contributed by atoms with Gasteiger partial charge in [0.2, 0.25) is 0 Å². The van der Waals surface area contributed by atoms with Crippen LogP contribution >= 0.6 is 0 Å². The number of aliphatic hydroxyl groups is 1. The Bertz CT molecular complexity index is 763. The average molecular weight is 343 g/mol. The molecule has 0 fully saturated rings. The molecule has 0 spiro atoms. The van der Waals surface area contributed by atoms with E-state index in [0.29, 0.717) is 12.0 Å². The van der Waals surface area contributed by atoms with Crippen molar-refractivity contribution in [1.29, 1.82) is 0 Å². The first kappa shape index (κ1) is 18.4. The summed E-state index contributed by atoms with van der Waals surface area (Å²) in [7, 11) is 1.28. The molecule has 0 bridgehead atoms. The lowest BCUT2D eigenvalue weighted by Gasteiger charge is -2.02. The van der Waals surface area contributed by atoms with Crippen LogP contribution in [0.15, 0.2) is 42.6 Å². The van der Waals surface area contributed by atoms with Gasteiger partial charge in [0.25, 0.3) is 5.91 Å². The van der Waals surface area contributed by atoms with Crippen molar-refractivity contribution in [2.24, 2.45) is 0 Å². The molecule has 1 aromatic carbocycles. The number of hydrogen-bond acceptors (Lipinski definition) is 5. The second-order valence-corrected chi connectivity index (χ2v) is 5.39. The smallest absolute Gasteiger partial charge is 0.330 e. The molecule has 2 N–H and O–H groups in total. The third kappa shape index (κ3) is 5.02.